The lowest BCUT2D eigenvalue weighted by Gasteiger charge is -2.28. The molecule has 2 unspecified atom stereocenters. The molecular weight excluding hydrogens is 320 g/mol. The molecule has 2 fully saturated rings. The van der Waals surface area contributed by atoms with Gasteiger partial charge in [0, 0.05) is 5.92 Å². The van der Waals surface area contributed by atoms with Crippen LogP contribution in [0.25, 0.3) is 0 Å². The lowest BCUT2D eigenvalue weighted by Crippen LogP contribution is -2.26. The van der Waals surface area contributed by atoms with E-state index in [1.54, 1.807) is 0 Å². The molecule has 1 nitrogen and oxygen atoms in total. The third kappa shape index (κ3) is 6.58. The minimum absolute atomic E-state index is 0.188. The molecule has 0 aromatic rings. The van der Waals surface area contributed by atoms with Crippen molar-refractivity contribution in [2.45, 2.75) is 70.6 Å². The Morgan fingerprint density at radius 3 is 2.17 bits per heavy atom. The largest absolute Gasteiger partial charge is 0.412 e. The molecule has 1 saturated carbocycles. The maximum Gasteiger partial charge on any atom is 0.412 e. The van der Waals surface area contributed by atoms with E-state index in [2.05, 4.69) is 19.1 Å². The molecule has 0 aromatic carbocycles. The van der Waals surface area contributed by atoms with E-state index < -0.39 is 18.1 Å². The van der Waals surface area contributed by atoms with Gasteiger partial charge in [0.05, 0.1) is 12.7 Å². The van der Waals surface area contributed by atoms with Gasteiger partial charge in [0.1, 0.15) is 11.9 Å². The first-order chi connectivity index (χ1) is 11.4. The highest BCUT2D eigenvalue weighted by atomic mass is 19.4. The SMILES string of the molecule is CCCC1CCC(C=CC2CCC(C(F)=CC(F)(F)F)OC2)CC1. The number of allylic oxidation sites excluding steroid dienone is 2. The van der Waals surface area contributed by atoms with Crippen LogP contribution < -0.4 is 0 Å². The first-order valence-corrected chi connectivity index (χ1v) is 9.12. The maximum absolute atomic E-state index is 13.5. The summed E-state index contributed by atoms with van der Waals surface area (Å²) in [6, 6.07) is 0. The third-order valence-electron chi connectivity index (χ3n) is 5.16. The molecule has 1 heterocycles. The molecule has 1 saturated heterocycles. The van der Waals surface area contributed by atoms with E-state index >= 15 is 0 Å². The van der Waals surface area contributed by atoms with Gasteiger partial charge >= 0.3 is 6.18 Å². The average Bonchev–Trinajstić information content (AvgIpc) is 2.53. The molecule has 0 amide bonds. The van der Waals surface area contributed by atoms with Crippen molar-refractivity contribution in [3.8, 4) is 0 Å². The molecule has 2 aliphatic rings. The number of rotatable bonds is 5. The molecule has 0 spiro atoms. The number of alkyl halides is 3. The topological polar surface area (TPSA) is 9.23 Å². The van der Waals surface area contributed by atoms with Crippen LogP contribution in [-0.2, 0) is 4.74 Å². The molecule has 138 valence electrons. The molecule has 0 aromatic heterocycles. The monoisotopic (exact) mass is 348 g/mol. The summed E-state index contributed by atoms with van der Waals surface area (Å²) < 4.78 is 55.2. The minimum atomic E-state index is -4.62. The number of hydrogen-bond acceptors (Lipinski definition) is 1. The summed E-state index contributed by atoms with van der Waals surface area (Å²) in [5.74, 6) is 0.465. The molecule has 0 N–H and O–H groups in total. The van der Waals surface area contributed by atoms with Crippen molar-refractivity contribution in [3.63, 3.8) is 0 Å². The summed E-state index contributed by atoms with van der Waals surface area (Å²) in [4.78, 5) is 0. The van der Waals surface area contributed by atoms with Gasteiger partial charge in [-0.05, 0) is 50.4 Å². The van der Waals surface area contributed by atoms with E-state index in [4.69, 9.17) is 4.74 Å². The second-order valence-corrected chi connectivity index (χ2v) is 7.18. The van der Waals surface area contributed by atoms with E-state index in [9.17, 15) is 17.6 Å². The molecule has 2 rings (SSSR count). The smallest absolute Gasteiger partial charge is 0.371 e. The van der Waals surface area contributed by atoms with Crippen molar-refractivity contribution < 1.29 is 22.3 Å². The zero-order valence-corrected chi connectivity index (χ0v) is 14.3. The molecule has 1 aliphatic carbocycles. The Bertz CT molecular complexity index is 425. The molecule has 0 radical (unpaired) electrons. The fourth-order valence-corrected chi connectivity index (χ4v) is 3.78. The highest BCUT2D eigenvalue weighted by molar-refractivity contribution is 5.05. The maximum atomic E-state index is 13.5. The average molecular weight is 348 g/mol. The lowest BCUT2D eigenvalue weighted by molar-refractivity contribution is -0.0843. The predicted molar refractivity (Wildman–Crippen MR) is 87.2 cm³/mol. The molecule has 2 atom stereocenters. The van der Waals surface area contributed by atoms with Crippen LogP contribution in [0.15, 0.2) is 24.1 Å². The van der Waals surface area contributed by atoms with E-state index in [-0.39, 0.29) is 12.0 Å². The highest BCUT2D eigenvalue weighted by Crippen LogP contribution is 2.33. The fourth-order valence-electron chi connectivity index (χ4n) is 3.78. The summed E-state index contributed by atoms with van der Waals surface area (Å²) in [6.07, 6.45) is 7.01. The van der Waals surface area contributed by atoms with Crippen molar-refractivity contribution in [2.24, 2.45) is 17.8 Å². The van der Waals surface area contributed by atoms with Crippen molar-refractivity contribution in [3.05, 3.63) is 24.1 Å². The van der Waals surface area contributed by atoms with Gasteiger partial charge in [-0.3, -0.25) is 0 Å². The Morgan fingerprint density at radius 2 is 1.62 bits per heavy atom. The molecule has 0 bridgehead atoms. The predicted octanol–water partition coefficient (Wildman–Crippen LogP) is 6.36. The normalized spacial score (nSPS) is 33.1. The Hall–Kier alpha value is -0.840. The zero-order valence-electron chi connectivity index (χ0n) is 14.3. The van der Waals surface area contributed by atoms with Crippen LogP contribution in [0.3, 0.4) is 0 Å². The van der Waals surface area contributed by atoms with Gasteiger partial charge in [-0.15, -0.1) is 0 Å². The molecule has 24 heavy (non-hydrogen) atoms. The number of ether oxygens (including phenoxy) is 1. The van der Waals surface area contributed by atoms with Crippen LogP contribution in [0.2, 0.25) is 0 Å². The summed E-state index contributed by atoms with van der Waals surface area (Å²) in [5, 5.41) is 0. The Kier molecular flexibility index (Phi) is 7.33. The van der Waals surface area contributed by atoms with Gasteiger partial charge in [-0.2, -0.15) is 13.2 Å². The molecule has 5 heteroatoms. The Labute approximate surface area is 142 Å². The van der Waals surface area contributed by atoms with Crippen molar-refractivity contribution in [1.29, 1.82) is 0 Å². The zero-order chi connectivity index (χ0) is 17.6. The fraction of sp³-hybridized carbons (Fsp3) is 0.789. The quantitative estimate of drug-likeness (QED) is 0.415. The van der Waals surface area contributed by atoms with Crippen LogP contribution in [-0.4, -0.2) is 18.9 Å². The standard InChI is InChI=1S/C19H28F4O/c1-2-3-14-4-6-15(7-5-14)8-9-16-10-11-18(24-13-16)17(20)12-19(21,22)23/h8-9,12,14-16,18H,2-7,10-11,13H2,1H3. The minimum Gasteiger partial charge on any atom is -0.371 e. The van der Waals surface area contributed by atoms with Crippen LogP contribution in [0.4, 0.5) is 17.6 Å². The number of halogens is 4. The van der Waals surface area contributed by atoms with Crippen LogP contribution in [0, 0.1) is 17.8 Å². The Morgan fingerprint density at radius 1 is 1.00 bits per heavy atom. The van der Waals surface area contributed by atoms with E-state index in [1.165, 1.54) is 38.5 Å². The first-order valence-electron chi connectivity index (χ1n) is 9.12. The highest BCUT2D eigenvalue weighted by Gasteiger charge is 2.30. The van der Waals surface area contributed by atoms with Gasteiger partial charge in [-0.1, -0.05) is 31.9 Å². The summed E-state index contributed by atoms with van der Waals surface area (Å²) >= 11 is 0. The van der Waals surface area contributed by atoms with E-state index in [1.807, 2.05) is 0 Å². The second-order valence-electron chi connectivity index (χ2n) is 7.18. The summed E-state index contributed by atoms with van der Waals surface area (Å²) in [6.45, 7) is 2.53. The van der Waals surface area contributed by atoms with Crippen molar-refractivity contribution in [1.82, 2.24) is 0 Å². The molecule has 1 aliphatic heterocycles. The van der Waals surface area contributed by atoms with E-state index in [0.29, 0.717) is 25.4 Å². The second kappa shape index (κ2) is 9.02. The van der Waals surface area contributed by atoms with Gasteiger partial charge in [0.15, 0.2) is 0 Å². The van der Waals surface area contributed by atoms with Crippen LogP contribution in [0.5, 0.6) is 0 Å². The van der Waals surface area contributed by atoms with Crippen LogP contribution in [0.1, 0.15) is 58.3 Å². The summed E-state index contributed by atoms with van der Waals surface area (Å²) in [7, 11) is 0. The number of hydrogen-bond donors (Lipinski definition) is 0. The lowest BCUT2D eigenvalue weighted by atomic mass is 9.79. The van der Waals surface area contributed by atoms with Crippen molar-refractivity contribution in [2.75, 3.05) is 6.61 Å². The first kappa shape index (κ1) is 19.5. The van der Waals surface area contributed by atoms with Crippen LogP contribution >= 0.6 is 0 Å². The van der Waals surface area contributed by atoms with Gasteiger partial charge in [0.25, 0.3) is 0 Å². The van der Waals surface area contributed by atoms with Gasteiger partial charge < -0.3 is 4.74 Å². The summed E-state index contributed by atoms with van der Waals surface area (Å²) in [5.41, 5.74) is 0. The Balaban J connectivity index is 1.72. The van der Waals surface area contributed by atoms with Gasteiger partial charge in [-0.25, -0.2) is 4.39 Å². The third-order valence-corrected chi connectivity index (χ3v) is 5.16. The van der Waals surface area contributed by atoms with Gasteiger partial charge in [0.2, 0.25) is 0 Å². The molecular formula is C19H28F4O. The van der Waals surface area contributed by atoms with E-state index in [0.717, 1.165) is 5.92 Å². The van der Waals surface area contributed by atoms with Crippen molar-refractivity contribution >= 4 is 0 Å².